The maximum Gasteiger partial charge on any atom is 0.305 e. The van der Waals surface area contributed by atoms with Crippen molar-refractivity contribution in [3.8, 4) is 0 Å². The molecule has 2 amide bonds. The van der Waals surface area contributed by atoms with E-state index in [-0.39, 0.29) is 25.0 Å². The number of rotatable bonds is 10. The smallest absolute Gasteiger partial charge is 0.305 e. The molecule has 0 saturated heterocycles. The van der Waals surface area contributed by atoms with Crippen LogP contribution in [0.5, 0.6) is 0 Å². The van der Waals surface area contributed by atoms with Crippen molar-refractivity contribution in [1.29, 1.82) is 0 Å². The summed E-state index contributed by atoms with van der Waals surface area (Å²) < 4.78 is 0. The predicted molar refractivity (Wildman–Crippen MR) is 180 cm³/mol. The average molecular weight is 643 g/mol. The van der Waals surface area contributed by atoms with Crippen LogP contribution >= 0.6 is 23.2 Å². The fourth-order valence-electron chi connectivity index (χ4n) is 4.25. The molecule has 4 rings (SSSR count). The Labute approximate surface area is 269 Å². The highest BCUT2D eigenvalue weighted by Crippen LogP contribution is 2.28. The van der Waals surface area contributed by atoms with Crippen molar-refractivity contribution in [2.75, 3.05) is 23.8 Å². The summed E-state index contributed by atoms with van der Waals surface area (Å²) in [5.74, 6) is -1.18. The van der Waals surface area contributed by atoms with E-state index in [0.717, 1.165) is 17.8 Å². The second-order valence-corrected chi connectivity index (χ2v) is 11.4. The molecule has 1 aliphatic carbocycles. The lowest BCUT2D eigenvalue weighted by molar-refractivity contribution is -0.136. The quantitative estimate of drug-likeness (QED) is 0.171. The van der Waals surface area contributed by atoms with Crippen molar-refractivity contribution in [3.05, 3.63) is 99.5 Å². The first-order chi connectivity index (χ1) is 21.0. The van der Waals surface area contributed by atoms with Crippen LogP contribution in [-0.2, 0) is 16.1 Å². The SMILES string of the molecule is CC(C)O.CN(Cc1ccc(C(=O)NCCC(=O)O)cc1)c1ccc(C2=CCCCC2)cc1.O=CNc1cc(Cl)cc(Cl)c1. The van der Waals surface area contributed by atoms with E-state index in [2.05, 4.69) is 52.9 Å². The molecule has 0 radical (unpaired) electrons. The molecular formula is C34H41Cl2N3O5. The van der Waals surface area contributed by atoms with Crippen molar-refractivity contribution in [3.63, 3.8) is 0 Å². The molecule has 8 nitrogen and oxygen atoms in total. The molecule has 3 aromatic rings. The second kappa shape index (κ2) is 19.4. The Kier molecular flexibility index (Phi) is 16.1. The topological polar surface area (TPSA) is 119 Å². The third-order valence-electron chi connectivity index (χ3n) is 6.32. The lowest BCUT2D eigenvalue weighted by Crippen LogP contribution is -2.26. The normalized spacial score (nSPS) is 12.0. The number of benzene rings is 3. The zero-order valence-electron chi connectivity index (χ0n) is 25.4. The highest BCUT2D eigenvalue weighted by Gasteiger charge is 2.09. The van der Waals surface area contributed by atoms with E-state index >= 15 is 0 Å². The molecule has 44 heavy (non-hydrogen) atoms. The first-order valence-corrected chi connectivity index (χ1v) is 15.2. The number of nitrogens with zero attached hydrogens (tertiary/aromatic N) is 1. The summed E-state index contributed by atoms with van der Waals surface area (Å²) in [5.41, 5.74) is 6.17. The van der Waals surface area contributed by atoms with Crippen LogP contribution in [0, 0.1) is 0 Å². The molecule has 1 aliphatic rings. The number of carboxylic acids is 1. The predicted octanol–water partition coefficient (Wildman–Crippen LogP) is 7.43. The van der Waals surface area contributed by atoms with Gasteiger partial charge in [-0.1, -0.05) is 53.5 Å². The van der Waals surface area contributed by atoms with Gasteiger partial charge in [-0.25, -0.2) is 0 Å². The summed E-state index contributed by atoms with van der Waals surface area (Å²) in [6.07, 6.45) is 7.62. The molecule has 0 spiro atoms. The molecule has 0 heterocycles. The molecule has 0 fully saturated rings. The highest BCUT2D eigenvalue weighted by atomic mass is 35.5. The van der Waals surface area contributed by atoms with Gasteiger partial charge in [0.25, 0.3) is 5.91 Å². The van der Waals surface area contributed by atoms with Gasteiger partial charge in [-0.3, -0.25) is 14.4 Å². The summed E-state index contributed by atoms with van der Waals surface area (Å²) >= 11 is 11.3. The van der Waals surface area contributed by atoms with Gasteiger partial charge in [0.1, 0.15) is 0 Å². The number of aliphatic hydroxyl groups is 1. The summed E-state index contributed by atoms with van der Waals surface area (Å²) in [4.78, 5) is 34.7. The number of carbonyl (C=O) groups is 3. The molecular weight excluding hydrogens is 601 g/mol. The minimum absolute atomic E-state index is 0.0787. The maximum absolute atomic E-state index is 12.0. The molecule has 0 aliphatic heterocycles. The van der Waals surface area contributed by atoms with E-state index < -0.39 is 5.97 Å². The number of anilines is 2. The molecule has 0 bridgehead atoms. The van der Waals surface area contributed by atoms with Crippen molar-refractivity contribution >= 4 is 58.4 Å². The standard InChI is InChI=1S/C24H28N2O3.C7H5Cl2NO.C3H8O/c1-26(22-13-11-20(12-14-22)19-5-3-2-4-6-19)17-18-7-9-21(10-8-18)24(29)25-16-15-23(27)28;8-5-1-6(9)3-7(2-5)10-4-11;1-3(2)4/h5,7-14H,2-4,6,15-17H2,1H3,(H,25,29)(H,27,28);1-4H,(H,10,11);3-4H,1-2H3. The molecule has 10 heteroatoms. The number of carboxylic acid groups (broad SMARTS) is 1. The number of nitrogens with one attached hydrogen (secondary N) is 2. The van der Waals surface area contributed by atoms with Gasteiger partial charge in [0.05, 0.1) is 6.42 Å². The van der Waals surface area contributed by atoms with Gasteiger partial charge in [-0.2, -0.15) is 0 Å². The Balaban J connectivity index is 0.000000371. The van der Waals surface area contributed by atoms with Crippen LogP contribution in [0.3, 0.4) is 0 Å². The van der Waals surface area contributed by atoms with E-state index in [1.54, 1.807) is 44.2 Å². The number of halogens is 2. The van der Waals surface area contributed by atoms with Gasteiger partial charge in [0, 0.05) is 53.2 Å². The minimum Gasteiger partial charge on any atom is -0.481 e. The monoisotopic (exact) mass is 641 g/mol. The molecule has 0 saturated carbocycles. The lowest BCUT2D eigenvalue weighted by atomic mass is 9.93. The summed E-state index contributed by atoms with van der Waals surface area (Å²) in [5, 5.41) is 22.7. The average Bonchev–Trinajstić information content (AvgIpc) is 2.97. The molecule has 3 aromatic carbocycles. The Morgan fingerprint density at radius 1 is 0.977 bits per heavy atom. The third-order valence-corrected chi connectivity index (χ3v) is 6.75. The Bertz CT molecular complexity index is 1350. The zero-order chi connectivity index (χ0) is 32.5. The summed E-state index contributed by atoms with van der Waals surface area (Å²) in [6.45, 7) is 4.31. The largest absolute Gasteiger partial charge is 0.481 e. The maximum atomic E-state index is 12.0. The van der Waals surface area contributed by atoms with E-state index in [1.807, 2.05) is 12.1 Å². The van der Waals surface area contributed by atoms with Crippen LogP contribution in [0.2, 0.25) is 10.0 Å². The first-order valence-electron chi connectivity index (χ1n) is 14.4. The number of aliphatic carboxylic acids is 1. The van der Waals surface area contributed by atoms with Crippen LogP contribution in [0.25, 0.3) is 5.57 Å². The Hall–Kier alpha value is -3.85. The Morgan fingerprint density at radius 2 is 1.59 bits per heavy atom. The second-order valence-electron chi connectivity index (χ2n) is 10.5. The third kappa shape index (κ3) is 14.1. The number of carbonyl (C=O) groups excluding carboxylic acids is 2. The Morgan fingerprint density at radius 3 is 2.11 bits per heavy atom. The number of allylic oxidation sites excluding steroid dienone is 2. The van der Waals surface area contributed by atoms with Crippen LogP contribution in [0.4, 0.5) is 11.4 Å². The van der Waals surface area contributed by atoms with E-state index in [1.165, 1.54) is 36.8 Å². The van der Waals surface area contributed by atoms with Gasteiger partial charge in [-0.05, 0) is 98.7 Å². The molecule has 0 atom stereocenters. The van der Waals surface area contributed by atoms with E-state index in [4.69, 9.17) is 33.4 Å². The number of amides is 2. The fraction of sp³-hybridized carbons (Fsp3) is 0.324. The van der Waals surface area contributed by atoms with Gasteiger partial charge >= 0.3 is 5.97 Å². The van der Waals surface area contributed by atoms with Gasteiger partial charge in [0.2, 0.25) is 6.41 Å². The lowest BCUT2D eigenvalue weighted by Gasteiger charge is -2.21. The van der Waals surface area contributed by atoms with Crippen LogP contribution < -0.4 is 15.5 Å². The molecule has 236 valence electrons. The first kappa shape index (κ1) is 36.3. The molecule has 4 N–H and O–H groups in total. The van der Waals surface area contributed by atoms with Crippen LogP contribution in [0.1, 0.15) is 67.4 Å². The van der Waals surface area contributed by atoms with Crippen molar-refractivity contribution < 1.29 is 24.6 Å². The van der Waals surface area contributed by atoms with E-state index in [9.17, 15) is 14.4 Å². The van der Waals surface area contributed by atoms with E-state index in [0.29, 0.717) is 27.7 Å². The van der Waals surface area contributed by atoms with Gasteiger partial charge in [-0.15, -0.1) is 0 Å². The fourth-order valence-corrected chi connectivity index (χ4v) is 4.77. The molecule has 0 aromatic heterocycles. The van der Waals surface area contributed by atoms with Crippen LogP contribution in [-0.4, -0.2) is 48.2 Å². The van der Waals surface area contributed by atoms with Crippen molar-refractivity contribution in [2.24, 2.45) is 0 Å². The number of aliphatic hydroxyl groups excluding tert-OH is 1. The summed E-state index contributed by atoms with van der Waals surface area (Å²) in [7, 11) is 2.06. The van der Waals surface area contributed by atoms with Gasteiger partial charge < -0.3 is 25.7 Å². The highest BCUT2D eigenvalue weighted by molar-refractivity contribution is 6.35. The minimum atomic E-state index is -0.924. The van der Waals surface area contributed by atoms with Crippen LogP contribution in [0.15, 0.2) is 72.8 Å². The van der Waals surface area contributed by atoms with Gasteiger partial charge in [0.15, 0.2) is 0 Å². The molecule has 0 unspecified atom stereocenters. The number of hydrogen-bond acceptors (Lipinski definition) is 5. The zero-order valence-corrected chi connectivity index (χ0v) is 26.9. The number of hydrogen-bond donors (Lipinski definition) is 4. The van der Waals surface area contributed by atoms with Crippen molar-refractivity contribution in [1.82, 2.24) is 5.32 Å². The van der Waals surface area contributed by atoms with Crippen molar-refractivity contribution in [2.45, 2.75) is 58.6 Å². The summed E-state index contributed by atoms with van der Waals surface area (Å²) in [6, 6.07) is 21.0.